The maximum absolute atomic E-state index is 13.3. The topological polar surface area (TPSA) is 37.0 Å². The minimum absolute atomic E-state index is 0.224. The Hall–Kier alpha value is -1.68. The number of hydrogen-bond acceptors (Lipinski definition) is 3. The van der Waals surface area contributed by atoms with Gasteiger partial charge in [0.05, 0.1) is 0 Å². The monoisotopic (exact) mass is 231 g/mol. The first-order valence-corrected chi connectivity index (χ1v) is 5.84. The fraction of sp³-hybridized carbons (Fsp3) is 0.308. The summed E-state index contributed by atoms with van der Waals surface area (Å²) in [5.74, 6) is 0.550. The first-order chi connectivity index (χ1) is 8.33. The van der Waals surface area contributed by atoms with Gasteiger partial charge in [-0.05, 0) is 36.6 Å². The van der Waals surface area contributed by atoms with Crippen molar-refractivity contribution in [2.45, 2.75) is 12.5 Å². The number of fused-ring (bicyclic) bond motifs is 1. The molecule has 17 heavy (non-hydrogen) atoms. The predicted octanol–water partition coefficient (Wildman–Crippen LogP) is 2.15. The molecule has 1 unspecified atom stereocenters. The molecule has 0 amide bonds. The summed E-state index contributed by atoms with van der Waals surface area (Å²) < 4.78 is 13.3. The first-order valence-electron chi connectivity index (χ1n) is 5.84. The summed E-state index contributed by atoms with van der Waals surface area (Å²) in [6.45, 7) is 1.96. The number of pyridine rings is 1. The van der Waals surface area contributed by atoms with Crippen LogP contribution in [0.3, 0.4) is 0 Å². The van der Waals surface area contributed by atoms with Gasteiger partial charge in [0.2, 0.25) is 0 Å². The molecule has 0 radical (unpaired) electrons. The molecule has 1 atom stereocenters. The van der Waals surface area contributed by atoms with Gasteiger partial charge < -0.3 is 10.6 Å². The van der Waals surface area contributed by atoms with E-state index in [2.05, 4.69) is 15.6 Å². The fourth-order valence-electron chi connectivity index (χ4n) is 2.23. The SMILES string of the molecule is Fc1ccc2ccnc(NC3CCNC3)c2c1. The number of aromatic nitrogens is 1. The average Bonchev–Trinajstić information content (AvgIpc) is 2.83. The third-order valence-electron chi connectivity index (χ3n) is 3.13. The molecule has 0 aliphatic carbocycles. The van der Waals surface area contributed by atoms with Crippen molar-refractivity contribution in [3.05, 3.63) is 36.3 Å². The molecule has 2 N–H and O–H groups in total. The molecule has 0 saturated carbocycles. The molecular formula is C13H14FN3. The van der Waals surface area contributed by atoms with Crippen LogP contribution in [0.2, 0.25) is 0 Å². The number of nitrogens with zero attached hydrogens (tertiary/aromatic N) is 1. The van der Waals surface area contributed by atoms with E-state index in [1.165, 1.54) is 12.1 Å². The van der Waals surface area contributed by atoms with Gasteiger partial charge >= 0.3 is 0 Å². The zero-order chi connectivity index (χ0) is 11.7. The van der Waals surface area contributed by atoms with E-state index in [1.54, 1.807) is 12.3 Å². The van der Waals surface area contributed by atoms with Crippen molar-refractivity contribution in [2.24, 2.45) is 0 Å². The summed E-state index contributed by atoms with van der Waals surface area (Å²) in [7, 11) is 0. The van der Waals surface area contributed by atoms with Crippen LogP contribution < -0.4 is 10.6 Å². The molecule has 1 aromatic carbocycles. The van der Waals surface area contributed by atoms with E-state index in [-0.39, 0.29) is 5.82 Å². The maximum atomic E-state index is 13.3. The lowest BCUT2D eigenvalue weighted by Gasteiger charge is -2.13. The Labute approximate surface area is 99.1 Å². The van der Waals surface area contributed by atoms with Crippen LogP contribution >= 0.6 is 0 Å². The van der Waals surface area contributed by atoms with Crippen LogP contribution in [0.1, 0.15) is 6.42 Å². The molecule has 1 fully saturated rings. The Morgan fingerprint density at radius 3 is 3.12 bits per heavy atom. The Morgan fingerprint density at radius 2 is 2.29 bits per heavy atom. The molecular weight excluding hydrogens is 217 g/mol. The van der Waals surface area contributed by atoms with Gasteiger partial charge in [-0.2, -0.15) is 0 Å². The van der Waals surface area contributed by atoms with E-state index in [9.17, 15) is 4.39 Å². The third-order valence-corrected chi connectivity index (χ3v) is 3.13. The lowest BCUT2D eigenvalue weighted by Crippen LogP contribution is -2.22. The number of anilines is 1. The van der Waals surface area contributed by atoms with Gasteiger partial charge in [-0.25, -0.2) is 9.37 Å². The standard InChI is InChI=1S/C13H14FN3/c14-10-2-1-9-3-6-16-13(12(9)7-10)17-11-4-5-15-8-11/h1-3,6-7,11,15H,4-5,8H2,(H,16,17). The largest absolute Gasteiger partial charge is 0.365 e. The van der Waals surface area contributed by atoms with Crippen molar-refractivity contribution in [3.63, 3.8) is 0 Å². The van der Waals surface area contributed by atoms with Crippen molar-refractivity contribution >= 4 is 16.6 Å². The highest BCUT2D eigenvalue weighted by atomic mass is 19.1. The molecule has 3 rings (SSSR count). The molecule has 3 nitrogen and oxygen atoms in total. The zero-order valence-corrected chi connectivity index (χ0v) is 9.41. The number of hydrogen-bond donors (Lipinski definition) is 2. The number of benzene rings is 1. The van der Waals surface area contributed by atoms with Gasteiger partial charge in [0.1, 0.15) is 11.6 Å². The number of rotatable bonds is 2. The van der Waals surface area contributed by atoms with Gasteiger partial charge in [0.15, 0.2) is 0 Å². The van der Waals surface area contributed by atoms with E-state index in [0.717, 1.165) is 36.1 Å². The minimum atomic E-state index is -0.224. The Kier molecular flexibility index (Phi) is 2.65. The van der Waals surface area contributed by atoms with Crippen molar-refractivity contribution in [1.82, 2.24) is 10.3 Å². The molecule has 0 bridgehead atoms. The molecule has 4 heteroatoms. The summed E-state index contributed by atoms with van der Waals surface area (Å²) in [4.78, 5) is 4.31. The highest BCUT2D eigenvalue weighted by Gasteiger charge is 2.15. The van der Waals surface area contributed by atoms with Gasteiger partial charge in [0.25, 0.3) is 0 Å². The van der Waals surface area contributed by atoms with Crippen LogP contribution in [0.4, 0.5) is 10.2 Å². The summed E-state index contributed by atoms with van der Waals surface area (Å²) in [6.07, 6.45) is 2.83. The third kappa shape index (κ3) is 2.08. The molecule has 1 aliphatic rings. The van der Waals surface area contributed by atoms with Crippen LogP contribution in [-0.2, 0) is 0 Å². The number of halogens is 1. The van der Waals surface area contributed by atoms with Crippen LogP contribution in [0, 0.1) is 5.82 Å². The second kappa shape index (κ2) is 4.30. The second-order valence-corrected chi connectivity index (χ2v) is 4.36. The van der Waals surface area contributed by atoms with Gasteiger partial charge in [-0.3, -0.25) is 0 Å². The Morgan fingerprint density at radius 1 is 1.35 bits per heavy atom. The fourth-order valence-corrected chi connectivity index (χ4v) is 2.23. The number of nitrogens with one attached hydrogen (secondary N) is 2. The molecule has 2 heterocycles. The normalized spacial score (nSPS) is 19.7. The van der Waals surface area contributed by atoms with E-state index in [4.69, 9.17) is 0 Å². The second-order valence-electron chi connectivity index (χ2n) is 4.36. The molecule has 0 spiro atoms. The maximum Gasteiger partial charge on any atom is 0.134 e. The molecule has 1 aliphatic heterocycles. The molecule has 1 saturated heterocycles. The van der Waals surface area contributed by atoms with Crippen LogP contribution in [0.5, 0.6) is 0 Å². The Balaban J connectivity index is 1.99. The van der Waals surface area contributed by atoms with E-state index in [0.29, 0.717) is 6.04 Å². The Bertz CT molecular complexity index is 535. The van der Waals surface area contributed by atoms with Gasteiger partial charge in [-0.1, -0.05) is 6.07 Å². The van der Waals surface area contributed by atoms with Crippen molar-refractivity contribution in [2.75, 3.05) is 18.4 Å². The summed E-state index contributed by atoms with van der Waals surface area (Å²) >= 11 is 0. The predicted molar refractivity (Wildman–Crippen MR) is 66.6 cm³/mol. The van der Waals surface area contributed by atoms with E-state index in [1.807, 2.05) is 6.07 Å². The van der Waals surface area contributed by atoms with Crippen LogP contribution in [0.15, 0.2) is 30.5 Å². The minimum Gasteiger partial charge on any atom is -0.365 e. The van der Waals surface area contributed by atoms with Crippen molar-refractivity contribution < 1.29 is 4.39 Å². The lowest BCUT2D eigenvalue weighted by molar-refractivity contribution is 0.629. The van der Waals surface area contributed by atoms with E-state index >= 15 is 0 Å². The van der Waals surface area contributed by atoms with Crippen LogP contribution in [0.25, 0.3) is 10.8 Å². The average molecular weight is 231 g/mol. The quantitative estimate of drug-likeness (QED) is 0.831. The van der Waals surface area contributed by atoms with E-state index < -0.39 is 0 Å². The summed E-state index contributed by atoms with van der Waals surface area (Å²) in [5.41, 5.74) is 0. The van der Waals surface area contributed by atoms with Crippen molar-refractivity contribution in [1.29, 1.82) is 0 Å². The van der Waals surface area contributed by atoms with Gasteiger partial charge in [0, 0.05) is 24.2 Å². The summed E-state index contributed by atoms with van der Waals surface area (Å²) in [5, 5.41) is 8.51. The molecule has 1 aromatic heterocycles. The van der Waals surface area contributed by atoms with Crippen LogP contribution in [-0.4, -0.2) is 24.1 Å². The zero-order valence-electron chi connectivity index (χ0n) is 9.41. The summed E-state index contributed by atoms with van der Waals surface area (Å²) in [6, 6.07) is 7.07. The highest BCUT2D eigenvalue weighted by molar-refractivity contribution is 5.91. The lowest BCUT2D eigenvalue weighted by atomic mass is 10.1. The molecule has 2 aromatic rings. The van der Waals surface area contributed by atoms with Crippen molar-refractivity contribution in [3.8, 4) is 0 Å². The first kappa shape index (κ1) is 10.5. The highest BCUT2D eigenvalue weighted by Crippen LogP contribution is 2.23. The van der Waals surface area contributed by atoms with Gasteiger partial charge in [-0.15, -0.1) is 0 Å². The molecule has 88 valence electrons. The smallest absolute Gasteiger partial charge is 0.134 e.